The summed E-state index contributed by atoms with van der Waals surface area (Å²) in [7, 11) is -4.51. The van der Waals surface area contributed by atoms with Crippen LogP contribution < -0.4 is 0 Å². The van der Waals surface area contributed by atoms with E-state index in [1.165, 1.54) is 6.08 Å². The zero-order valence-corrected chi connectivity index (χ0v) is 8.84. The van der Waals surface area contributed by atoms with E-state index < -0.39 is 15.0 Å². The number of allylic oxidation sites excluding steroid dienone is 3. The summed E-state index contributed by atoms with van der Waals surface area (Å²) in [5.41, 5.74) is 0.301. The van der Waals surface area contributed by atoms with Gasteiger partial charge >= 0.3 is 0 Å². The first-order chi connectivity index (χ1) is 6.29. The average Bonchev–Trinajstić information content (AvgIpc) is 2.02. The molecule has 0 spiro atoms. The van der Waals surface area contributed by atoms with E-state index in [9.17, 15) is 17.4 Å². The van der Waals surface area contributed by atoms with Crippen LogP contribution in [0.2, 0.25) is 0 Å². The fourth-order valence-electron chi connectivity index (χ4n) is 0.627. The van der Waals surface area contributed by atoms with Crippen LogP contribution in [0.15, 0.2) is 35.5 Å². The quantitative estimate of drug-likeness (QED) is 0.537. The van der Waals surface area contributed by atoms with Crippen LogP contribution in [0.5, 0.6) is 0 Å². The molecule has 0 aromatic rings. The molecule has 0 N–H and O–H groups in total. The number of halogens is 1. The molecule has 0 radical (unpaired) electrons. The fourth-order valence-corrected chi connectivity index (χ4v) is 0.862. The van der Waals surface area contributed by atoms with Gasteiger partial charge in [0.25, 0.3) is 0 Å². The lowest BCUT2D eigenvalue weighted by molar-refractivity contribution is 0.472. The number of hydrogen-bond acceptors (Lipinski definition) is 3. The lowest BCUT2D eigenvalue weighted by Gasteiger charge is -2.07. The van der Waals surface area contributed by atoms with Crippen LogP contribution in [0.25, 0.3) is 0 Å². The van der Waals surface area contributed by atoms with E-state index in [-0.39, 0.29) is 5.92 Å². The summed E-state index contributed by atoms with van der Waals surface area (Å²) < 4.78 is 43.3. The van der Waals surface area contributed by atoms with Crippen molar-refractivity contribution in [2.24, 2.45) is 5.92 Å². The molecule has 0 fully saturated rings. The molecule has 0 rings (SSSR count). The van der Waals surface area contributed by atoms with Crippen LogP contribution in [0.4, 0.5) is 4.39 Å². The lowest BCUT2D eigenvalue weighted by atomic mass is 10.1. The van der Waals surface area contributed by atoms with Gasteiger partial charge in [-0.15, -0.1) is 0 Å². The molecule has 0 saturated carbocycles. The van der Waals surface area contributed by atoms with Crippen LogP contribution in [0.1, 0.15) is 13.8 Å². The van der Waals surface area contributed by atoms with Crippen molar-refractivity contribution in [1.82, 2.24) is 0 Å². The first-order valence-electron chi connectivity index (χ1n) is 3.92. The molecule has 0 aromatic heterocycles. The summed E-state index contributed by atoms with van der Waals surface area (Å²) in [6.07, 6.45) is 2.59. The Morgan fingerprint density at radius 1 is 1.43 bits per heavy atom. The molecule has 0 bridgehead atoms. The number of rotatable bonds is 4. The lowest BCUT2D eigenvalue weighted by Crippen LogP contribution is -1.98. The molecule has 5 heteroatoms. The first-order valence-corrected chi connectivity index (χ1v) is 5.33. The Bertz CT molecular complexity index is 364. The summed E-state index contributed by atoms with van der Waals surface area (Å²) in [4.78, 5) is -0.572. The van der Waals surface area contributed by atoms with Crippen molar-refractivity contribution < 1.29 is 17.4 Å². The Morgan fingerprint density at radius 2 is 1.93 bits per heavy atom. The van der Waals surface area contributed by atoms with Gasteiger partial charge in [0.2, 0.25) is 0 Å². The topological polar surface area (TPSA) is 57.2 Å². The van der Waals surface area contributed by atoms with E-state index >= 15 is 0 Å². The summed E-state index contributed by atoms with van der Waals surface area (Å²) in [6.45, 7) is 6.54. The van der Waals surface area contributed by atoms with Gasteiger partial charge < -0.3 is 4.55 Å². The van der Waals surface area contributed by atoms with Crippen LogP contribution in [-0.2, 0) is 10.1 Å². The fraction of sp³-hybridized carbons (Fsp3) is 0.333. The molecule has 80 valence electrons. The molecule has 14 heavy (non-hydrogen) atoms. The Morgan fingerprint density at radius 3 is 2.21 bits per heavy atom. The minimum absolute atomic E-state index is 0.0848. The molecule has 3 nitrogen and oxygen atoms in total. The maximum Gasteiger partial charge on any atom is 0.123 e. The van der Waals surface area contributed by atoms with Crippen molar-refractivity contribution >= 4 is 10.1 Å². The highest BCUT2D eigenvalue weighted by atomic mass is 32.2. The second-order valence-electron chi connectivity index (χ2n) is 3.02. The van der Waals surface area contributed by atoms with Gasteiger partial charge in [-0.05, 0) is 17.6 Å². The third kappa shape index (κ3) is 4.34. The van der Waals surface area contributed by atoms with E-state index in [0.29, 0.717) is 11.9 Å². The predicted octanol–water partition coefficient (Wildman–Crippen LogP) is 2.11. The summed E-state index contributed by atoms with van der Waals surface area (Å²) >= 11 is 0. The Balaban J connectivity index is 4.70. The molecular weight excluding hydrogens is 207 g/mol. The minimum Gasteiger partial charge on any atom is -0.744 e. The summed E-state index contributed by atoms with van der Waals surface area (Å²) in [5.74, 6) is -0.0848. The minimum atomic E-state index is -4.51. The second-order valence-corrected chi connectivity index (χ2v) is 4.45. The molecule has 0 aliphatic heterocycles. The van der Waals surface area contributed by atoms with E-state index in [4.69, 9.17) is 0 Å². The van der Waals surface area contributed by atoms with E-state index in [2.05, 4.69) is 6.58 Å². The predicted molar refractivity (Wildman–Crippen MR) is 52.0 cm³/mol. The third-order valence-electron chi connectivity index (χ3n) is 1.58. The van der Waals surface area contributed by atoms with Gasteiger partial charge in [-0.3, -0.25) is 0 Å². The van der Waals surface area contributed by atoms with Crippen molar-refractivity contribution in [3.8, 4) is 0 Å². The van der Waals surface area contributed by atoms with Crippen LogP contribution in [0.3, 0.4) is 0 Å². The Kier molecular flexibility index (Phi) is 4.73. The smallest absolute Gasteiger partial charge is 0.123 e. The Labute approximate surface area is 83.4 Å². The molecule has 0 aliphatic carbocycles. The van der Waals surface area contributed by atoms with Gasteiger partial charge in [0, 0.05) is 4.91 Å². The maximum absolute atomic E-state index is 12.2. The van der Waals surface area contributed by atoms with Crippen LogP contribution in [0, 0.1) is 5.92 Å². The highest BCUT2D eigenvalue weighted by molar-refractivity contribution is 7.89. The maximum atomic E-state index is 12.2. The highest BCUT2D eigenvalue weighted by Gasteiger charge is 2.01. The van der Waals surface area contributed by atoms with Crippen molar-refractivity contribution in [2.45, 2.75) is 13.8 Å². The van der Waals surface area contributed by atoms with E-state index in [0.717, 1.165) is 6.08 Å². The highest BCUT2D eigenvalue weighted by Crippen LogP contribution is 2.13. The summed E-state index contributed by atoms with van der Waals surface area (Å²) in [5, 5.41) is 0. The monoisotopic (exact) mass is 219 g/mol. The van der Waals surface area contributed by atoms with Crippen molar-refractivity contribution in [3.05, 3.63) is 35.5 Å². The molecule has 0 aromatic carbocycles. The molecule has 0 heterocycles. The van der Waals surface area contributed by atoms with Gasteiger partial charge in [-0.25, -0.2) is 12.8 Å². The third-order valence-corrected chi connectivity index (χ3v) is 2.35. The molecule has 0 atom stereocenters. The van der Waals surface area contributed by atoms with Crippen LogP contribution >= 0.6 is 0 Å². The van der Waals surface area contributed by atoms with Gasteiger partial charge in [0.1, 0.15) is 10.1 Å². The van der Waals surface area contributed by atoms with Gasteiger partial charge in [-0.1, -0.05) is 26.5 Å². The standard InChI is InChI=1S/C9H13FO3S/c1-7(2)9(6-10)5-4-8(3)14(11,12)13/h4-7H,3H2,1-2H3,(H,11,12,13)/p-1/b5-4-,9-6-. The molecule has 0 saturated heterocycles. The van der Waals surface area contributed by atoms with Gasteiger partial charge in [-0.2, -0.15) is 0 Å². The zero-order chi connectivity index (χ0) is 11.4. The van der Waals surface area contributed by atoms with Crippen molar-refractivity contribution in [1.29, 1.82) is 0 Å². The molecule has 0 amide bonds. The Hall–Kier alpha value is -0.940. The SMILES string of the molecule is C=C(/C=C\C(=C\F)C(C)C)S(=O)(=O)[O-]. The van der Waals surface area contributed by atoms with E-state index in [1.807, 2.05) is 0 Å². The normalized spacial score (nSPS) is 13.9. The van der Waals surface area contributed by atoms with Gasteiger partial charge in [0.15, 0.2) is 0 Å². The average molecular weight is 219 g/mol. The molecular formula is C9H12FO3S-. The number of hydrogen-bond donors (Lipinski definition) is 0. The second kappa shape index (κ2) is 5.07. The summed E-state index contributed by atoms with van der Waals surface area (Å²) in [6, 6.07) is 0. The molecule has 0 aliphatic rings. The van der Waals surface area contributed by atoms with Crippen molar-refractivity contribution in [2.75, 3.05) is 0 Å². The van der Waals surface area contributed by atoms with E-state index in [1.54, 1.807) is 13.8 Å². The molecule has 0 unspecified atom stereocenters. The largest absolute Gasteiger partial charge is 0.744 e. The zero-order valence-electron chi connectivity index (χ0n) is 8.03. The first kappa shape index (κ1) is 13.1. The van der Waals surface area contributed by atoms with Crippen LogP contribution in [-0.4, -0.2) is 13.0 Å². The van der Waals surface area contributed by atoms with Crippen molar-refractivity contribution in [3.63, 3.8) is 0 Å². The van der Waals surface area contributed by atoms with Gasteiger partial charge in [0.05, 0.1) is 6.33 Å².